The molecule has 2 saturated carbocycles. The summed E-state index contributed by atoms with van der Waals surface area (Å²) >= 11 is 0. The summed E-state index contributed by atoms with van der Waals surface area (Å²) in [4.78, 5) is 0. The predicted octanol–water partition coefficient (Wildman–Crippen LogP) is 9.32. The Kier molecular flexibility index (Phi) is 11.2. The molecule has 38 heavy (non-hydrogen) atoms. The van der Waals surface area contributed by atoms with Crippen molar-refractivity contribution in [1.82, 2.24) is 0 Å². The second kappa shape index (κ2) is 14.6. The second-order valence-electron chi connectivity index (χ2n) is 11.9. The van der Waals surface area contributed by atoms with Gasteiger partial charge in [-0.05, 0) is 122 Å². The molecule has 2 aliphatic rings. The Morgan fingerprint density at radius 1 is 0.711 bits per heavy atom. The van der Waals surface area contributed by atoms with Gasteiger partial charge >= 0.3 is 0 Å². The van der Waals surface area contributed by atoms with Gasteiger partial charge in [0.15, 0.2) is 0 Å². The molecule has 0 aliphatic heterocycles. The van der Waals surface area contributed by atoms with Gasteiger partial charge < -0.3 is 9.47 Å². The molecule has 4 rings (SSSR count). The zero-order chi connectivity index (χ0) is 26.9. The van der Waals surface area contributed by atoms with E-state index in [2.05, 4.69) is 25.1 Å². The van der Waals surface area contributed by atoms with E-state index in [-0.39, 0.29) is 17.6 Å². The van der Waals surface area contributed by atoms with Crippen LogP contribution in [-0.2, 0) is 15.9 Å². The molecule has 0 heterocycles. The molecule has 2 fully saturated rings. The van der Waals surface area contributed by atoms with Gasteiger partial charge in [0, 0.05) is 20.1 Å². The van der Waals surface area contributed by atoms with E-state index >= 15 is 4.39 Å². The van der Waals surface area contributed by atoms with Crippen molar-refractivity contribution in [3.8, 4) is 0 Å². The van der Waals surface area contributed by atoms with Gasteiger partial charge in [-0.1, -0.05) is 44.0 Å². The largest absolute Gasteiger partial charge is 0.384 e. The Labute approximate surface area is 229 Å². The summed E-state index contributed by atoms with van der Waals surface area (Å²) in [5.41, 5.74) is 3.99. The van der Waals surface area contributed by atoms with Gasteiger partial charge in [-0.25, -0.2) is 8.78 Å². The number of aryl methyl sites for hydroxylation is 1. The second-order valence-corrected chi connectivity index (χ2v) is 11.9. The first kappa shape index (κ1) is 29.2. The first-order valence-electron chi connectivity index (χ1n) is 15.1. The van der Waals surface area contributed by atoms with Gasteiger partial charge in [-0.15, -0.1) is 0 Å². The van der Waals surface area contributed by atoms with Crippen LogP contribution in [0.4, 0.5) is 8.78 Å². The fourth-order valence-electron chi connectivity index (χ4n) is 7.12. The highest BCUT2D eigenvalue weighted by atomic mass is 19.1. The molecule has 0 aromatic heterocycles. The summed E-state index contributed by atoms with van der Waals surface area (Å²) in [6.45, 7) is 3.66. The molecular formula is C34H48F2O2. The lowest BCUT2D eigenvalue weighted by Gasteiger charge is -2.34. The van der Waals surface area contributed by atoms with Crippen LogP contribution < -0.4 is 0 Å². The third-order valence-corrected chi connectivity index (χ3v) is 9.46. The summed E-state index contributed by atoms with van der Waals surface area (Å²) in [5, 5.41) is 0. The molecule has 2 aliphatic carbocycles. The molecule has 0 bridgehead atoms. The van der Waals surface area contributed by atoms with E-state index in [4.69, 9.17) is 9.47 Å². The summed E-state index contributed by atoms with van der Waals surface area (Å²) < 4.78 is 40.9. The minimum absolute atomic E-state index is 0.0350. The van der Waals surface area contributed by atoms with Gasteiger partial charge in [0.1, 0.15) is 11.6 Å². The van der Waals surface area contributed by atoms with Crippen LogP contribution in [0.3, 0.4) is 0 Å². The minimum atomic E-state index is -0.0516. The molecule has 0 N–H and O–H groups in total. The van der Waals surface area contributed by atoms with Crippen molar-refractivity contribution in [2.45, 2.75) is 102 Å². The highest BCUT2D eigenvalue weighted by Gasteiger charge is 2.30. The van der Waals surface area contributed by atoms with Crippen molar-refractivity contribution in [3.05, 3.63) is 70.3 Å². The molecule has 2 aromatic rings. The molecule has 4 heteroatoms. The number of benzene rings is 2. The Morgan fingerprint density at radius 2 is 1.26 bits per heavy atom. The van der Waals surface area contributed by atoms with Gasteiger partial charge in [-0.2, -0.15) is 0 Å². The van der Waals surface area contributed by atoms with E-state index in [0.29, 0.717) is 23.7 Å². The first-order chi connectivity index (χ1) is 18.5. The first-order valence-corrected chi connectivity index (χ1v) is 15.1. The molecule has 2 aromatic carbocycles. The predicted molar refractivity (Wildman–Crippen MR) is 152 cm³/mol. The summed E-state index contributed by atoms with van der Waals surface area (Å²) in [6, 6.07) is 12.0. The third kappa shape index (κ3) is 7.45. The topological polar surface area (TPSA) is 18.5 Å². The number of halogens is 2. The lowest BCUT2D eigenvalue weighted by molar-refractivity contribution is 0.0411. The number of rotatable bonds is 12. The van der Waals surface area contributed by atoms with Crippen LogP contribution in [-0.4, -0.2) is 27.4 Å². The number of unbranched alkanes of at least 4 members (excludes halogenated alkanes) is 2. The van der Waals surface area contributed by atoms with Crippen molar-refractivity contribution in [2.75, 3.05) is 27.4 Å². The van der Waals surface area contributed by atoms with E-state index in [0.717, 1.165) is 113 Å². The van der Waals surface area contributed by atoms with Crippen LogP contribution in [0.2, 0.25) is 0 Å². The minimum Gasteiger partial charge on any atom is -0.384 e. The Balaban J connectivity index is 1.30. The smallest absolute Gasteiger partial charge is 0.126 e. The number of ether oxygens (including phenoxy) is 2. The quantitative estimate of drug-likeness (QED) is 0.257. The van der Waals surface area contributed by atoms with Crippen molar-refractivity contribution >= 4 is 0 Å². The fourth-order valence-corrected chi connectivity index (χ4v) is 7.12. The average Bonchev–Trinajstić information content (AvgIpc) is 2.94. The van der Waals surface area contributed by atoms with Crippen LogP contribution >= 0.6 is 0 Å². The summed E-state index contributed by atoms with van der Waals surface area (Å²) in [5.74, 6) is 2.06. The highest BCUT2D eigenvalue weighted by molar-refractivity contribution is 5.32. The summed E-state index contributed by atoms with van der Waals surface area (Å²) in [7, 11) is 3.52. The van der Waals surface area contributed by atoms with Crippen LogP contribution in [0.15, 0.2) is 36.4 Å². The zero-order valence-electron chi connectivity index (χ0n) is 23.8. The van der Waals surface area contributed by atoms with E-state index in [9.17, 15) is 4.39 Å². The maximum atomic E-state index is 15.4. The highest BCUT2D eigenvalue weighted by Crippen LogP contribution is 2.43. The Morgan fingerprint density at radius 3 is 1.82 bits per heavy atom. The van der Waals surface area contributed by atoms with Gasteiger partial charge in [-0.3, -0.25) is 0 Å². The lowest BCUT2D eigenvalue weighted by Crippen LogP contribution is -2.27. The van der Waals surface area contributed by atoms with Crippen molar-refractivity contribution in [1.29, 1.82) is 0 Å². The monoisotopic (exact) mass is 526 g/mol. The molecular weight excluding hydrogens is 478 g/mol. The molecule has 0 atom stereocenters. The van der Waals surface area contributed by atoms with Crippen LogP contribution in [0.5, 0.6) is 0 Å². The Hall–Kier alpha value is -1.78. The zero-order valence-corrected chi connectivity index (χ0v) is 23.8. The van der Waals surface area contributed by atoms with Crippen LogP contribution in [0.1, 0.15) is 118 Å². The van der Waals surface area contributed by atoms with E-state index in [1.807, 2.05) is 12.1 Å². The average molecular weight is 527 g/mol. The molecule has 0 spiro atoms. The van der Waals surface area contributed by atoms with E-state index < -0.39 is 0 Å². The number of methoxy groups -OCH3 is 2. The maximum absolute atomic E-state index is 15.4. The van der Waals surface area contributed by atoms with E-state index in [1.54, 1.807) is 20.3 Å². The third-order valence-electron chi connectivity index (χ3n) is 9.46. The molecule has 0 amide bonds. The lowest BCUT2D eigenvalue weighted by atomic mass is 9.73. The molecule has 2 nitrogen and oxygen atoms in total. The summed E-state index contributed by atoms with van der Waals surface area (Å²) in [6.07, 6.45) is 12.6. The van der Waals surface area contributed by atoms with E-state index in [1.165, 1.54) is 0 Å². The van der Waals surface area contributed by atoms with Crippen molar-refractivity contribution in [2.24, 2.45) is 11.8 Å². The number of hydrogen-bond acceptors (Lipinski definition) is 2. The van der Waals surface area contributed by atoms with Crippen LogP contribution in [0, 0.1) is 23.5 Å². The maximum Gasteiger partial charge on any atom is 0.126 e. The molecule has 210 valence electrons. The fraction of sp³-hybridized carbons (Fsp3) is 0.647. The number of hydrogen-bond donors (Lipinski definition) is 0. The van der Waals surface area contributed by atoms with Gasteiger partial charge in [0.25, 0.3) is 0 Å². The van der Waals surface area contributed by atoms with Crippen molar-refractivity contribution in [3.63, 3.8) is 0 Å². The SMILES string of the molecule is CCCCCc1ccc(C2CCC(c3ccc(C4CCC(C(COC)COC)CC4)cc3F)CC2)cc1F. The van der Waals surface area contributed by atoms with Crippen molar-refractivity contribution < 1.29 is 18.3 Å². The molecule has 0 radical (unpaired) electrons. The normalized spacial score (nSPS) is 24.2. The van der Waals surface area contributed by atoms with Crippen LogP contribution in [0.25, 0.3) is 0 Å². The Bertz CT molecular complexity index is 984. The standard InChI is InChI=1S/C34H48F2O2/c1-4-5-6-7-28-16-17-29(20-33(28)35)25-12-14-27(15-13-25)32-19-18-30(21-34(32)36)24-8-10-26(11-9-24)31(22-37-2)23-38-3/h16-21,24-27,31H,4-15,22-23H2,1-3H3. The van der Waals surface area contributed by atoms with Gasteiger partial charge in [0.2, 0.25) is 0 Å². The molecule has 0 unspecified atom stereocenters. The molecule has 0 saturated heterocycles. The van der Waals surface area contributed by atoms with Gasteiger partial charge in [0.05, 0.1) is 13.2 Å².